The van der Waals surface area contributed by atoms with Gasteiger partial charge in [-0.2, -0.15) is 0 Å². The lowest BCUT2D eigenvalue weighted by molar-refractivity contribution is 0.0929. The van der Waals surface area contributed by atoms with Crippen molar-refractivity contribution in [1.29, 1.82) is 0 Å². The first-order valence-electron chi connectivity index (χ1n) is 6.25. The second-order valence-corrected chi connectivity index (χ2v) is 5.54. The molecule has 1 unspecified atom stereocenters. The zero-order chi connectivity index (χ0) is 14.7. The van der Waals surface area contributed by atoms with Crippen LogP contribution >= 0.6 is 15.9 Å². The van der Waals surface area contributed by atoms with E-state index in [1.54, 1.807) is 25.1 Å². The maximum atomic E-state index is 12.0. The quantitative estimate of drug-likeness (QED) is 0.794. The number of aromatic nitrogens is 1. The Hall–Kier alpha value is -1.66. The summed E-state index contributed by atoms with van der Waals surface area (Å²) in [6.07, 6.45) is 0.469. The van der Waals surface area contributed by atoms with Gasteiger partial charge in [-0.1, -0.05) is 15.9 Å². The molecule has 6 heteroatoms. The number of pyridine rings is 1. The van der Waals surface area contributed by atoms with E-state index < -0.39 is 0 Å². The number of aliphatic hydroxyl groups is 1. The van der Waals surface area contributed by atoms with Crippen molar-refractivity contribution in [3.05, 3.63) is 44.7 Å². The Labute approximate surface area is 124 Å². The molecule has 3 N–H and O–H groups in total. The van der Waals surface area contributed by atoms with E-state index in [0.29, 0.717) is 17.3 Å². The average Bonchev–Trinajstić information content (AvgIpc) is 2.39. The van der Waals surface area contributed by atoms with Gasteiger partial charge >= 0.3 is 0 Å². The largest absolute Gasteiger partial charge is 0.396 e. The summed E-state index contributed by atoms with van der Waals surface area (Å²) in [5.41, 5.74) is 0.621. The van der Waals surface area contributed by atoms with Crippen LogP contribution in [0.1, 0.15) is 23.8 Å². The van der Waals surface area contributed by atoms with Gasteiger partial charge in [0.1, 0.15) is 5.69 Å². The van der Waals surface area contributed by atoms with Crippen LogP contribution in [0.4, 0.5) is 0 Å². The third-order valence-corrected chi connectivity index (χ3v) is 3.47. The van der Waals surface area contributed by atoms with E-state index in [0.717, 1.165) is 4.47 Å². The maximum Gasteiger partial charge on any atom is 0.268 e. The van der Waals surface area contributed by atoms with E-state index in [9.17, 15) is 9.59 Å². The van der Waals surface area contributed by atoms with E-state index in [1.165, 1.54) is 6.07 Å². The standard InChI is InChI=1S/C14H15BrN2O3/c1-8(4-5-18)16-14(20)12-7-13(19)10-6-9(15)2-3-11(10)17-12/h2-3,6-8,18H,4-5H2,1H3,(H,16,20)(H,17,19). The Morgan fingerprint density at radius 1 is 1.45 bits per heavy atom. The van der Waals surface area contributed by atoms with Gasteiger partial charge in [-0.05, 0) is 31.5 Å². The minimum absolute atomic E-state index is 0.00368. The van der Waals surface area contributed by atoms with E-state index in [4.69, 9.17) is 5.11 Å². The molecule has 0 saturated heterocycles. The fourth-order valence-electron chi connectivity index (χ4n) is 1.91. The maximum absolute atomic E-state index is 12.0. The Balaban J connectivity index is 2.34. The van der Waals surface area contributed by atoms with Crippen molar-refractivity contribution in [2.45, 2.75) is 19.4 Å². The highest BCUT2D eigenvalue weighted by Crippen LogP contribution is 2.15. The molecule has 0 bridgehead atoms. The van der Waals surface area contributed by atoms with Gasteiger partial charge in [0.15, 0.2) is 5.43 Å². The molecule has 0 spiro atoms. The molecular weight excluding hydrogens is 324 g/mol. The van der Waals surface area contributed by atoms with Gasteiger partial charge in [-0.25, -0.2) is 0 Å². The van der Waals surface area contributed by atoms with Gasteiger partial charge in [0.25, 0.3) is 5.91 Å². The molecule has 0 saturated carbocycles. The van der Waals surface area contributed by atoms with Gasteiger partial charge in [0.2, 0.25) is 0 Å². The first kappa shape index (κ1) is 14.7. The third-order valence-electron chi connectivity index (χ3n) is 2.98. The van der Waals surface area contributed by atoms with Gasteiger partial charge in [-0.3, -0.25) is 9.59 Å². The number of hydrogen-bond acceptors (Lipinski definition) is 3. The number of benzene rings is 1. The fourth-order valence-corrected chi connectivity index (χ4v) is 2.27. The normalized spacial score (nSPS) is 12.3. The highest BCUT2D eigenvalue weighted by Gasteiger charge is 2.12. The monoisotopic (exact) mass is 338 g/mol. The number of aliphatic hydroxyl groups excluding tert-OH is 1. The summed E-state index contributed by atoms with van der Waals surface area (Å²) in [4.78, 5) is 27.0. The molecular formula is C14H15BrN2O3. The van der Waals surface area contributed by atoms with Crippen LogP contribution in [-0.4, -0.2) is 28.6 Å². The second kappa shape index (κ2) is 6.19. The van der Waals surface area contributed by atoms with Crippen LogP contribution in [0.25, 0.3) is 10.9 Å². The highest BCUT2D eigenvalue weighted by molar-refractivity contribution is 9.10. The minimum atomic E-state index is -0.354. The summed E-state index contributed by atoms with van der Waals surface area (Å²) < 4.78 is 0.810. The first-order valence-corrected chi connectivity index (χ1v) is 7.05. The Morgan fingerprint density at radius 3 is 2.90 bits per heavy atom. The van der Waals surface area contributed by atoms with Crippen molar-refractivity contribution < 1.29 is 9.90 Å². The second-order valence-electron chi connectivity index (χ2n) is 4.62. The molecule has 20 heavy (non-hydrogen) atoms. The summed E-state index contributed by atoms with van der Waals surface area (Å²) in [6, 6.07) is 6.39. The van der Waals surface area contributed by atoms with E-state index in [1.807, 2.05) is 0 Å². The summed E-state index contributed by atoms with van der Waals surface area (Å²) in [5, 5.41) is 12.1. The number of rotatable bonds is 4. The smallest absolute Gasteiger partial charge is 0.268 e. The number of carbonyl (C=O) groups is 1. The van der Waals surface area contributed by atoms with Crippen molar-refractivity contribution in [2.75, 3.05) is 6.61 Å². The lowest BCUT2D eigenvalue weighted by Crippen LogP contribution is -2.34. The van der Waals surface area contributed by atoms with Crippen LogP contribution in [0.3, 0.4) is 0 Å². The van der Waals surface area contributed by atoms with Crippen LogP contribution in [-0.2, 0) is 0 Å². The Kier molecular flexibility index (Phi) is 4.57. The molecule has 0 aliphatic carbocycles. The van der Waals surface area contributed by atoms with Crippen molar-refractivity contribution in [2.24, 2.45) is 0 Å². The molecule has 5 nitrogen and oxygen atoms in total. The number of nitrogens with one attached hydrogen (secondary N) is 2. The number of amides is 1. The number of fused-ring (bicyclic) bond motifs is 1. The fraction of sp³-hybridized carbons (Fsp3) is 0.286. The van der Waals surface area contributed by atoms with Crippen molar-refractivity contribution >= 4 is 32.7 Å². The number of halogens is 1. The van der Waals surface area contributed by atoms with Crippen LogP contribution in [0.15, 0.2) is 33.5 Å². The number of H-pyrrole nitrogens is 1. The van der Waals surface area contributed by atoms with E-state index >= 15 is 0 Å². The molecule has 0 fully saturated rings. The highest BCUT2D eigenvalue weighted by atomic mass is 79.9. The Morgan fingerprint density at radius 2 is 2.20 bits per heavy atom. The van der Waals surface area contributed by atoms with E-state index in [-0.39, 0.29) is 29.7 Å². The molecule has 0 aliphatic rings. The molecule has 2 rings (SSSR count). The molecule has 106 valence electrons. The summed E-state index contributed by atoms with van der Waals surface area (Å²) in [7, 11) is 0. The van der Waals surface area contributed by atoms with Crippen LogP contribution < -0.4 is 10.7 Å². The molecule has 2 aromatic rings. The van der Waals surface area contributed by atoms with Crippen molar-refractivity contribution in [1.82, 2.24) is 10.3 Å². The average molecular weight is 339 g/mol. The molecule has 1 atom stereocenters. The van der Waals surface area contributed by atoms with Gasteiger partial charge in [0, 0.05) is 34.1 Å². The predicted molar refractivity (Wildman–Crippen MR) is 80.9 cm³/mol. The van der Waals surface area contributed by atoms with Gasteiger partial charge < -0.3 is 15.4 Å². The zero-order valence-corrected chi connectivity index (χ0v) is 12.5. The predicted octanol–water partition coefficient (Wildman–Crippen LogP) is 1.79. The molecule has 0 radical (unpaired) electrons. The van der Waals surface area contributed by atoms with Crippen LogP contribution in [0.2, 0.25) is 0 Å². The molecule has 1 amide bonds. The van der Waals surface area contributed by atoms with Crippen molar-refractivity contribution in [3.8, 4) is 0 Å². The summed E-state index contributed by atoms with van der Waals surface area (Å²) >= 11 is 3.31. The lowest BCUT2D eigenvalue weighted by Gasteiger charge is -2.12. The van der Waals surface area contributed by atoms with E-state index in [2.05, 4.69) is 26.2 Å². The topological polar surface area (TPSA) is 82.2 Å². The Bertz CT molecular complexity index is 696. The zero-order valence-electron chi connectivity index (χ0n) is 10.9. The number of carbonyl (C=O) groups excluding carboxylic acids is 1. The molecule has 1 aromatic heterocycles. The summed E-state index contributed by atoms with van der Waals surface area (Å²) in [6.45, 7) is 1.80. The van der Waals surface area contributed by atoms with Crippen molar-refractivity contribution in [3.63, 3.8) is 0 Å². The number of hydrogen-bond donors (Lipinski definition) is 3. The third kappa shape index (κ3) is 3.26. The lowest BCUT2D eigenvalue weighted by atomic mass is 10.2. The number of aromatic amines is 1. The SMILES string of the molecule is CC(CCO)NC(=O)c1cc(=O)c2cc(Br)ccc2[nH]1. The van der Waals surface area contributed by atoms with Crippen LogP contribution in [0.5, 0.6) is 0 Å². The summed E-state index contributed by atoms with van der Waals surface area (Å²) in [5.74, 6) is -0.354. The molecule has 1 heterocycles. The van der Waals surface area contributed by atoms with Gasteiger partial charge in [-0.15, -0.1) is 0 Å². The molecule has 0 aliphatic heterocycles. The first-order chi connectivity index (χ1) is 9.51. The minimum Gasteiger partial charge on any atom is -0.396 e. The van der Waals surface area contributed by atoms with Gasteiger partial charge in [0.05, 0.1) is 0 Å². The molecule has 1 aromatic carbocycles. The van der Waals surface area contributed by atoms with Crippen LogP contribution in [0, 0.1) is 0 Å².